The third kappa shape index (κ3) is 2.66. The number of carbonyl (C=O) groups is 1. The van der Waals surface area contributed by atoms with Crippen molar-refractivity contribution in [3.05, 3.63) is 23.3 Å². The molecule has 0 atom stereocenters. The first-order valence-corrected chi connectivity index (χ1v) is 5.28. The number of hydrogen-bond acceptors (Lipinski definition) is 3. The molecule has 0 radical (unpaired) electrons. The first-order chi connectivity index (χ1) is 7.60. The molecule has 2 N–H and O–H groups in total. The summed E-state index contributed by atoms with van der Waals surface area (Å²) in [6, 6.07) is 3.14. The fourth-order valence-corrected chi connectivity index (χ4v) is 1.72. The van der Waals surface area contributed by atoms with Gasteiger partial charge in [-0.25, -0.2) is 4.79 Å². The molecule has 1 rings (SSSR count). The number of rotatable bonds is 5. The summed E-state index contributed by atoms with van der Waals surface area (Å²) in [5.41, 5.74) is 1.70. The van der Waals surface area contributed by atoms with E-state index < -0.39 is 5.97 Å². The van der Waals surface area contributed by atoms with E-state index in [1.165, 1.54) is 6.07 Å². The third-order valence-electron chi connectivity index (χ3n) is 2.42. The van der Waals surface area contributed by atoms with Gasteiger partial charge in [-0.15, -0.1) is 0 Å². The van der Waals surface area contributed by atoms with Crippen LogP contribution in [-0.2, 0) is 17.6 Å². The Morgan fingerprint density at radius 3 is 2.38 bits per heavy atom. The van der Waals surface area contributed by atoms with Crippen LogP contribution in [0.5, 0.6) is 11.5 Å². The summed E-state index contributed by atoms with van der Waals surface area (Å²) >= 11 is 0. The molecule has 0 aliphatic heterocycles. The Kier molecular flexibility index (Phi) is 4.17. The van der Waals surface area contributed by atoms with Crippen molar-refractivity contribution in [1.29, 1.82) is 0 Å². The molecule has 0 aromatic heterocycles. The lowest BCUT2D eigenvalue weighted by atomic mass is 10.0. The van der Waals surface area contributed by atoms with Gasteiger partial charge in [0.1, 0.15) is 11.5 Å². The molecule has 4 heteroatoms. The zero-order valence-electron chi connectivity index (χ0n) is 9.49. The number of aliphatic carboxylic acids is 1. The van der Waals surface area contributed by atoms with E-state index in [4.69, 9.17) is 9.84 Å². The Labute approximate surface area is 94.5 Å². The fraction of sp³-hybridized carbons (Fsp3) is 0.417. The molecule has 0 saturated carbocycles. The van der Waals surface area contributed by atoms with Crippen LogP contribution in [0.2, 0.25) is 0 Å². The Morgan fingerprint density at radius 2 is 1.88 bits per heavy atom. The summed E-state index contributed by atoms with van der Waals surface area (Å²) < 4.78 is 5.18. The lowest BCUT2D eigenvalue weighted by Gasteiger charge is -2.14. The van der Waals surface area contributed by atoms with Crippen LogP contribution in [0.15, 0.2) is 12.1 Å². The van der Waals surface area contributed by atoms with Gasteiger partial charge in [0.05, 0.1) is 0 Å². The fourth-order valence-electron chi connectivity index (χ4n) is 1.72. The summed E-state index contributed by atoms with van der Waals surface area (Å²) in [5.74, 6) is -0.227. The van der Waals surface area contributed by atoms with E-state index >= 15 is 0 Å². The number of phenolic OH excluding ortho intramolecular Hbond substituents is 1. The highest BCUT2D eigenvalue weighted by Gasteiger charge is 2.12. The van der Waals surface area contributed by atoms with Crippen molar-refractivity contribution in [2.45, 2.75) is 26.7 Å². The minimum Gasteiger partial charge on any atom is -0.508 e. The zero-order valence-corrected chi connectivity index (χ0v) is 9.49. The first kappa shape index (κ1) is 12.4. The van der Waals surface area contributed by atoms with Gasteiger partial charge in [-0.2, -0.15) is 0 Å². The Bertz CT molecular complexity index is 385. The Balaban J connectivity index is 3.04. The lowest BCUT2D eigenvalue weighted by Crippen LogP contribution is -2.11. The SMILES string of the molecule is CCc1c(O)ccc(OCC(=O)O)c1CC. The van der Waals surface area contributed by atoms with Gasteiger partial charge in [-0.1, -0.05) is 13.8 Å². The number of carboxylic acid groups (broad SMARTS) is 1. The van der Waals surface area contributed by atoms with Crippen molar-refractivity contribution >= 4 is 5.97 Å². The zero-order chi connectivity index (χ0) is 12.1. The van der Waals surface area contributed by atoms with Crippen molar-refractivity contribution in [2.24, 2.45) is 0 Å². The first-order valence-electron chi connectivity index (χ1n) is 5.28. The molecule has 0 aliphatic carbocycles. The molecule has 0 aliphatic rings. The molecule has 0 fully saturated rings. The molecule has 88 valence electrons. The molecule has 1 aromatic carbocycles. The molecule has 0 bridgehead atoms. The summed E-state index contributed by atoms with van der Waals surface area (Å²) in [5, 5.41) is 18.2. The van der Waals surface area contributed by atoms with E-state index in [0.717, 1.165) is 11.1 Å². The van der Waals surface area contributed by atoms with Gasteiger partial charge in [0, 0.05) is 11.1 Å². The van der Waals surface area contributed by atoms with Gasteiger partial charge in [0.25, 0.3) is 0 Å². The van der Waals surface area contributed by atoms with Crippen LogP contribution in [0.3, 0.4) is 0 Å². The van der Waals surface area contributed by atoms with Crippen molar-refractivity contribution < 1.29 is 19.7 Å². The van der Waals surface area contributed by atoms with E-state index in [-0.39, 0.29) is 12.4 Å². The van der Waals surface area contributed by atoms with Crippen LogP contribution in [0.4, 0.5) is 0 Å². The summed E-state index contributed by atoms with van der Waals surface area (Å²) in [4.78, 5) is 10.4. The molecule has 16 heavy (non-hydrogen) atoms. The quantitative estimate of drug-likeness (QED) is 0.802. The van der Waals surface area contributed by atoms with E-state index in [1.807, 2.05) is 13.8 Å². The molecule has 1 aromatic rings. The number of benzene rings is 1. The maximum absolute atomic E-state index is 10.4. The number of ether oxygens (including phenoxy) is 1. The lowest BCUT2D eigenvalue weighted by molar-refractivity contribution is -0.139. The van der Waals surface area contributed by atoms with Crippen LogP contribution < -0.4 is 4.74 Å². The molecule has 0 saturated heterocycles. The van der Waals surface area contributed by atoms with E-state index in [0.29, 0.717) is 18.6 Å². The molecular weight excluding hydrogens is 208 g/mol. The largest absolute Gasteiger partial charge is 0.508 e. The van der Waals surface area contributed by atoms with Crippen LogP contribution in [-0.4, -0.2) is 22.8 Å². The smallest absolute Gasteiger partial charge is 0.341 e. The van der Waals surface area contributed by atoms with E-state index in [2.05, 4.69) is 0 Å². The topological polar surface area (TPSA) is 66.8 Å². The predicted molar refractivity (Wildman–Crippen MR) is 60.0 cm³/mol. The van der Waals surface area contributed by atoms with Gasteiger partial charge in [-0.05, 0) is 25.0 Å². The second-order valence-corrected chi connectivity index (χ2v) is 3.43. The van der Waals surface area contributed by atoms with Crippen LogP contribution in [0, 0.1) is 0 Å². The Hall–Kier alpha value is -1.71. The molecule has 0 amide bonds. The summed E-state index contributed by atoms with van der Waals surface area (Å²) in [6.07, 6.45) is 1.39. The highest BCUT2D eigenvalue weighted by Crippen LogP contribution is 2.30. The molecule has 4 nitrogen and oxygen atoms in total. The predicted octanol–water partition coefficient (Wildman–Crippen LogP) is 1.98. The second-order valence-electron chi connectivity index (χ2n) is 3.43. The number of carboxylic acids is 1. The summed E-state index contributed by atoms with van der Waals surface area (Å²) in [7, 11) is 0. The van der Waals surface area contributed by atoms with Crippen molar-refractivity contribution in [2.75, 3.05) is 6.61 Å². The summed E-state index contributed by atoms with van der Waals surface area (Å²) in [6.45, 7) is 3.53. The van der Waals surface area contributed by atoms with Crippen LogP contribution >= 0.6 is 0 Å². The van der Waals surface area contributed by atoms with Crippen molar-refractivity contribution in [3.8, 4) is 11.5 Å². The van der Waals surface area contributed by atoms with Crippen molar-refractivity contribution in [1.82, 2.24) is 0 Å². The minimum absolute atomic E-state index is 0.238. The maximum Gasteiger partial charge on any atom is 0.341 e. The molecular formula is C12H16O4. The number of phenols is 1. The van der Waals surface area contributed by atoms with Gasteiger partial charge in [0.2, 0.25) is 0 Å². The van der Waals surface area contributed by atoms with Gasteiger partial charge < -0.3 is 14.9 Å². The maximum atomic E-state index is 10.4. The molecule has 0 unspecified atom stereocenters. The number of hydrogen-bond donors (Lipinski definition) is 2. The highest BCUT2D eigenvalue weighted by atomic mass is 16.5. The van der Waals surface area contributed by atoms with Crippen molar-refractivity contribution in [3.63, 3.8) is 0 Å². The standard InChI is InChI=1S/C12H16O4/c1-3-8-9(4-2)11(6-5-10(8)13)16-7-12(14)15/h5-6,13H,3-4,7H2,1-2H3,(H,14,15). The number of aromatic hydroxyl groups is 1. The van der Waals surface area contributed by atoms with Crippen LogP contribution in [0.25, 0.3) is 0 Å². The minimum atomic E-state index is -1.01. The normalized spacial score (nSPS) is 10.1. The highest BCUT2D eigenvalue weighted by molar-refractivity contribution is 5.68. The average molecular weight is 224 g/mol. The third-order valence-corrected chi connectivity index (χ3v) is 2.42. The van der Waals surface area contributed by atoms with Gasteiger partial charge in [-0.3, -0.25) is 0 Å². The monoisotopic (exact) mass is 224 g/mol. The molecule has 0 heterocycles. The van der Waals surface area contributed by atoms with E-state index in [1.54, 1.807) is 6.07 Å². The van der Waals surface area contributed by atoms with Gasteiger partial charge >= 0.3 is 5.97 Å². The average Bonchev–Trinajstić information content (AvgIpc) is 2.26. The Morgan fingerprint density at radius 1 is 1.25 bits per heavy atom. The van der Waals surface area contributed by atoms with Gasteiger partial charge in [0.15, 0.2) is 6.61 Å². The second kappa shape index (κ2) is 5.39. The van der Waals surface area contributed by atoms with E-state index in [9.17, 15) is 9.90 Å². The molecule has 0 spiro atoms. The van der Waals surface area contributed by atoms with Crippen LogP contribution in [0.1, 0.15) is 25.0 Å².